The minimum Gasteiger partial charge on any atom is -0.508 e. The molecule has 32 heavy (non-hydrogen) atoms. The number of hydrogen-bond donors (Lipinski definition) is 3. The molecule has 1 aliphatic rings. The van der Waals surface area contributed by atoms with Crippen LogP contribution < -0.4 is 0 Å². The van der Waals surface area contributed by atoms with E-state index in [4.69, 9.17) is 11.6 Å². The van der Waals surface area contributed by atoms with Gasteiger partial charge in [-0.15, -0.1) is 11.6 Å². The fourth-order valence-corrected chi connectivity index (χ4v) is 4.13. The molecule has 5 nitrogen and oxygen atoms in total. The number of aromatic hydroxyl groups is 2. The third kappa shape index (κ3) is 5.00. The number of benzene rings is 1. The van der Waals surface area contributed by atoms with Crippen molar-refractivity contribution in [3.05, 3.63) is 57.7 Å². The fraction of sp³-hybridized carbons (Fsp3) is 0.462. The second-order valence-corrected chi connectivity index (χ2v) is 10.0. The van der Waals surface area contributed by atoms with Crippen LogP contribution in [0.3, 0.4) is 0 Å². The molecule has 0 saturated carbocycles. The second-order valence-electron chi connectivity index (χ2n) is 9.26. The van der Waals surface area contributed by atoms with E-state index in [-0.39, 0.29) is 23.3 Å². The third-order valence-corrected chi connectivity index (χ3v) is 6.60. The summed E-state index contributed by atoms with van der Waals surface area (Å²) in [4.78, 5) is 24.5. The summed E-state index contributed by atoms with van der Waals surface area (Å²) in [6, 6.07) is 2.06. The van der Waals surface area contributed by atoms with Gasteiger partial charge in [0.1, 0.15) is 16.4 Å². The zero-order valence-corrected chi connectivity index (χ0v) is 20.4. The standard InChI is InChI=1S/C26H33ClO5/c1-15(2)8-7-9-17(5)10-11-18(16(3)4)14-26(32)23(30)20-12-19(28)13-21(29)22(20)24(31)25(26,6)27/h8,10,12-13,28-29,32H,7,9,11,14H2,1-6H3. The number of Topliss-reactive ketones (excluding diaryl/α,β-unsaturated/α-hetero) is 2. The highest BCUT2D eigenvalue weighted by atomic mass is 35.5. The van der Waals surface area contributed by atoms with Gasteiger partial charge in [0.2, 0.25) is 0 Å². The lowest BCUT2D eigenvalue weighted by Crippen LogP contribution is -2.62. The van der Waals surface area contributed by atoms with Gasteiger partial charge in [-0.25, -0.2) is 0 Å². The smallest absolute Gasteiger partial charge is 0.197 e. The molecule has 3 N–H and O–H groups in total. The lowest BCUT2D eigenvalue weighted by atomic mass is 9.67. The first-order valence-corrected chi connectivity index (χ1v) is 11.1. The van der Waals surface area contributed by atoms with Crippen LogP contribution in [0.2, 0.25) is 0 Å². The first kappa shape index (κ1) is 25.9. The van der Waals surface area contributed by atoms with Crippen molar-refractivity contribution in [2.24, 2.45) is 0 Å². The van der Waals surface area contributed by atoms with Crippen molar-refractivity contribution >= 4 is 23.2 Å². The first-order chi connectivity index (χ1) is 14.7. The van der Waals surface area contributed by atoms with Crippen LogP contribution in [0, 0.1) is 0 Å². The van der Waals surface area contributed by atoms with Gasteiger partial charge < -0.3 is 15.3 Å². The Labute approximate surface area is 195 Å². The molecule has 0 aromatic heterocycles. The summed E-state index contributed by atoms with van der Waals surface area (Å²) in [5.74, 6) is -2.46. The number of carbonyl (C=O) groups is 2. The number of phenols is 2. The van der Waals surface area contributed by atoms with Crippen molar-refractivity contribution in [3.8, 4) is 11.5 Å². The van der Waals surface area contributed by atoms with E-state index < -0.39 is 27.8 Å². The molecule has 0 aliphatic heterocycles. The average Bonchev–Trinajstić information content (AvgIpc) is 2.67. The monoisotopic (exact) mass is 460 g/mol. The van der Waals surface area contributed by atoms with Gasteiger partial charge in [0.25, 0.3) is 0 Å². The largest absolute Gasteiger partial charge is 0.508 e. The van der Waals surface area contributed by atoms with E-state index in [0.29, 0.717) is 6.42 Å². The van der Waals surface area contributed by atoms with E-state index in [1.165, 1.54) is 18.1 Å². The van der Waals surface area contributed by atoms with E-state index in [0.717, 1.165) is 36.1 Å². The van der Waals surface area contributed by atoms with Crippen LogP contribution in [0.15, 0.2) is 46.6 Å². The van der Waals surface area contributed by atoms with E-state index in [1.807, 2.05) is 20.8 Å². The number of hydrogen-bond acceptors (Lipinski definition) is 5. The molecular weight excluding hydrogens is 428 g/mol. The van der Waals surface area contributed by atoms with Gasteiger partial charge in [-0.3, -0.25) is 9.59 Å². The molecule has 2 atom stereocenters. The molecule has 6 heteroatoms. The number of aliphatic hydroxyl groups is 1. The maximum Gasteiger partial charge on any atom is 0.197 e. The SMILES string of the molecule is CC(C)=CCCC(C)=CCC(CC1(O)C(=O)c2cc(O)cc(O)c2C(=O)C1(C)Cl)=C(C)C. The zero-order chi connectivity index (χ0) is 24.4. The van der Waals surface area contributed by atoms with Gasteiger partial charge in [0.15, 0.2) is 17.2 Å². The molecule has 0 amide bonds. The van der Waals surface area contributed by atoms with Gasteiger partial charge in [0.05, 0.1) is 5.56 Å². The predicted molar refractivity (Wildman–Crippen MR) is 128 cm³/mol. The van der Waals surface area contributed by atoms with Crippen LogP contribution in [0.4, 0.5) is 0 Å². The lowest BCUT2D eigenvalue weighted by Gasteiger charge is -2.43. The molecule has 1 aromatic carbocycles. The molecule has 0 fully saturated rings. The summed E-state index contributed by atoms with van der Waals surface area (Å²) >= 11 is 6.54. The number of rotatable bonds is 7. The summed E-state index contributed by atoms with van der Waals surface area (Å²) in [5, 5.41) is 31.5. The fourth-order valence-electron chi connectivity index (χ4n) is 3.88. The highest BCUT2D eigenvalue weighted by Gasteiger charge is 2.61. The highest BCUT2D eigenvalue weighted by Crippen LogP contribution is 2.47. The number of alkyl halides is 1. The molecule has 174 valence electrons. The average molecular weight is 461 g/mol. The van der Waals surface area contributed by atoms with Crippen molar-refractivity contribution in [1.82, 2.24) is 0 Å². The van der Waals surface area contributed by atoms with Gasteiger partial charge >= 0.3 is 0 Å². The topological polar surface area (TPSA) is 94.8 Å². The van der Waals surface area contributed by atoms with E-state index in [2.05, 4.69) is 26.0 Å². The van der Waals surface area contributed by atoms with E-state index >= 15 is 0 Å². The summed E-state index contributed by atoms with van der Waals surface area (Å²) in [7, 11) is 0. The molecule has 0 heterocycles. The van der Waals surface area contributed by atoms with Crippen LogP contribution in [0.5, 0.6) is 11.5 Å². The molecule has 1 aromatic rings. The summed E-state index contributed by atoms with van der Waals surface area (Å²) in [5.41, 5.74) is 1.45. The Balaban J connectivity index is 2.41. The minimum absolute atomic E-state index is 0.131. The molecular formula is C26H33ClO5. The van der Waals surface area contributed by atoms with Crippen LogP contribution in [-0.2, 0) is 0 Å². The van der Waals surface area contributed by atoms with Crippen molar-refractivity contribution in [2.75, 3.05) is 0 Å². The van der Waals surface area contributed by atoms with Gasteiger partial charge in [-0.2, -0.15) is 0 Å². The number of carbonyl (C=O) groups excluding carboxylic acids is 2. The number of fused-ring (bicyclic) bond motifs is 1. The Hall–Kier alpha value is -2.37. The quantitative estimate of drug-likeness (QED) is 0.342. The van der Waals surface area contributed by atoms with Crippen molar-refractivity contribution in [3.63, 3.8) is 0 Å². The maximum atomic E-state index is 13.4. The highest BCUT2D eigenvalue weighted by molar-refractivity contribution is 6.44. The molecule has 0 spiro atoms. The molecule has 1 aliphatic carbocycles. The molecule has 2 unspecified atom stereocenters. The third-order valence-electron chi connectivity index (χ3n) is 6.12. The first-order valence-electron chi connectivity index (χ1n) is 10.7. The molecule has 0 bridgehead atoms. The lowest BCUT2D eigenvalue weighted by molar-refractivity contribution is 0.00875. The van der Waals surface area contributed by atoms with Crippen LogP contribution >= 0.6 is 11.6 Å². The molecule has 2 rings (SSSR count). The Morgan fingerprint density at radius 1 is 1.03 bits per heavy atom. The maximum absolute atomic E-state index is 13.4. The van der Waals surface area contributed by atoms with Crippen molar-refractivity contribution in [2.45, 2.75) is 77.7 Å². The number of allylic oxidation sites excluding steroid dienone is 5. The summed E-state index contributed by atoms with van der Waals surface area (Å²) in [6.45, 7) is 11.2. The molecule has 0 radical (unpaired) electrons. The Morgan fingerprint density at radius 2 is 1.66 bits per heavy atom. The van der Waals surface area contributed by atoms with Crippen molar-refractivity contribution < 1.29 is 24.9 Å². The van der Waals surface area contributed by atoms with E-state index in [9.17, 15) is 24.9 Å². The Kier molecular flexibility index (Phi) is 7.79. The van der Waals surface area contributed by atoms with E-state index in [1.54, 1.807) is 0 Å². The number of ketones is 2. The van der Waals surface area contributed by atoms with Gasteiger partial charge in [0, 0.05) is 18.1 Å². The van der Waals surface area contributed by atoms with Crippen LogP contribution in [-0.4, -0.2) is 37.4 Å². The number of phenolic OH excluding ortho intramolecular Hbond substituents is 2. The van der Waals surface area contributed by atoms with Gasteiger partial charge in [-0.1, -0.05) is 34.4 Å². The Morgan fingerprint density at radius 3 is 2.22 bits per heavy atom. The predicted octanol–water partition coefficient (Wildman–Crippen LogP) is 6.01. The Bertz CT molecular complexity index is 1020. The summed E-state index contributed by atoms with van der Waals surface area (Å²) in [6.07, 6.45) is 6.47. The van der Waals surface area contributed by atoms with Crippen LogP contribution in [0.1, 0.15) is 87.9 Å². The molecule has 0 saturated heterocycles. The van der Waals surface area contributed by atoms with Crippen molar-refractivity contribution in [1.29, 1.82) is 0 Å². The normalized spacial score (nSPS) is 23.1. The van der Waals surface area contributed by atoms with Crippen LogP contribution in [0.25, 0.3) is 0 Å². The zero-order valence-electron chi connectivity index (χ0n) is 19.7. The number of halogens is 1. The second kappa shape index (κ2) is 9.63. The minimum atomic E-state index is -2.23. The van der Waals surface area contributed by atoms with Gasteiger partial charge in [-0.05, 0) is 66.9 Å². The summed E-state index contributed by atoms with van der Waals surface area (Å²) < 4.78 is 0.